The van der Waals surface area contributed by atoms with Crippen LogP contribution < -0.4 is 10.2 Å². The summed E-state index contributed by atoms with van der Waals surface area (Å²) in [7, 11) is -3.50. The van der Waals surface area contributed by atoms with Gasteiger partial charge in [-0.2, -0.15) is 0 Å². The number of hydrogen-bond acceptors (Lipinski definition) is 6. The molecule has 0 bridgehead atoms. The smallest absolute Gasteiger partial charge is 0.263 e. The Morgan fingerprint density at radius 2 is 2.00 bits per heavy atom. The molecule has 0 saturated heterocycles. The van der Waals surface area contributed by atoms with Crippen LogP contribution in [0.4, 0.5) is 0 Å². The number of aliphatic imine (C=N–C) groups is 1. The monoisotopic (exact) mass is 383 g/mol. The fourth-order valence-electron chi connectivity index (χ4n) is 2.36. The Kier molecular flexibility index (Phi) is 6.74. The van der Waals surface area contributed by atoms with Crippen LogP contribution in [-0.2, 0) is 19.7 Å². The predicted molar refractivity (Wildman–Crippen MR) is 97.0 cm³/mol. The second-order valence-electron chi connectivity index (χ2n) is 6.77. The SMILES string of the molecule is CC(C)(O)CONC(=O)CCCCCN=C1NS(=O)(=O)c2ccccc21. The molecule has 1 amide bonds. The molecule has 1 aromatic rings. The van der Waals surface area contributed by atoms with E-state index in [0.717, 1.165) is 12.8 Å². The summed E-state index contributed by atoms with van der Waals surface area (Å²) >= 11 is 0. The number of rotatable bonds is 9. The van der Waals surface area contributed by atoms with Gasteiger partial charge in [0.25, 0.3) is 10.0 Å². The summed E-state index contributed by atoms with van der Waals surface area (Å²) < 4.78 is 26.4. The van der Waals surface area contributed by atoms with Crippen LogP contribution in [0, 0.1) is 0 Å². The molecule has 144 valence electrons. The van der Waals surface area contributed by atoms with Crippen molar-refractivity contribution in [2.45, 2.75) is 50.0 Å². The third kappa shape index (κ3) is 6.08. The van der Waals surface area contributed by atoms with E-state index in [0.29, 0.717) is 30.8 Å². The summed E-state index contributed by atoms with van der Waals surface area (Å²) in [4.78, 5) is 21.1. The van der Waals surface area contributed by atoms with E-state index in [1.807, 2.05) is 0 Å². The van der Waals surface area contributed by atoms with E-state index in [-0.39, 0.29) is 17.4 Å². The second-order valence-corrected chi connectivity index (χ2v) is 8.42. The number of fused-ring (bicyclic) bond motifs is 1. The van der Waals surface area contributed by atoms with Gasteiger partial charge in [0, 0.05) is 18.5 Å². The largest absolute Gasteiger partial charge is 0.388 e. The Bertz CT molecular complexity index is 769. The first-order chi connectivity index (χ1) is 12.2. The number of nitrogens with zero attached hydrogens (tertiary/aromatic N) is 1. The van der Waals surface area contributed by atoms with Gasteiger partial charge in [0.05, 0.1) is 10.5 Å². The van der Waals surface area contributed by atoms with Crippen molar-refractivity contribution in [1.82, 2.24) is 10.2 Å². The van der Waals surface area contributed by atoms with Gasteiger partial charge in [-0.1, -0.05) is 18.6 Å². The summed E-state index contributed by atoms with van der Waals surface area (Å²) in [5.41, 5.74) is 1.89. The lowest BCUT2D eigenvalue weighted by Gasteiger charge is -2.16. The van der Waals surface area contributed by atoms with Crippen molar-refractivity contribution in [3.63, 3.8) is 0 Å². The summed E-state index contributed by atoms with van der Waals surface area (Å²) in [5.74, 6) is 0.136. The van der Waals surface area contributed by atoms with E-state index >= 15 is 0 Å². The third-order valence-corrected chi connectivity index (χ3v) is 5.00. The Morgan fingerprint density at radius 1 is 1.27 bits per heavy atom. The normalized spacial score (nSPS) is 17.0. The van der Waals surface area contributed by atoms with Gasteiger partial charge in [0.15, 0.2) is 0 Å². The van der Waals surface area contributed by atoms with Crippen molar-refractivity contribution < 1.29 is 23.2 Å². The zero-order chi connectivity index (χ0) is 19.2. The van der Waals surface area contributed by atoms with Gasteiger partial charge in [0.1, 0.15) is 12.4 Å². The van der Waals surface area contributed by atoms with Crippen molar-refractivity contribution in [2.75, 3.05) is 13.2 Å². The molecule has 2 rings (SSSR count). The summed E-state index contributed by atoms with van der Waals surface area (Å²) in [6.45, 7) is 3.67. The molecule has 1 heterocycles. The first kappa shape index (κ1) is 20.3. The molecule has 0 saturated carbocycles. The second kappa shape index (κ2) is 8.61. The van der Waals surface area contributed by atoms with Crippen molar-refractivity contribution >= 4 is 21.8 Å². The highest BCUT2D eigenvalue weighted by Gasteiger charge is 2.29. The number of benzene rings is 1. The molecule has 0 aromatic heterocycles. The van der Waals surface area contributed by atoms with Crippen molar-refractivity contribution in [2.24, 2.45) is 4.99 Å². The van der Waals surface area contributed by atoms with Crippen LogP contribution in [0.1, 0.15) is 45.1 Å². The first-order valence-electron chi connectivity index (χ1n) is 8.49. The Morgan fingerprint density at radius 3 is 2.73 bits per heavy atom. The first-order valence-corrected chi connectivity index (χ1v) is 9.97. The number of carbonyl (C=O) groups is 1. The maximum Gasteiger partial charge on any atom is 0.263 e. The van der Waals surface area contributed by atoms with Gasteiger partial charge in [-0.15, -0.1) is 0 Å². The number of aliphatic hydroxyl groups is 1. The number of amides is 1. The maximum absolute atomic E-state index is 12.0. The summed E-state index contributed by atoms with van der Waals surface area (Å²) in [5, 5.41) is 9.46. The lowest BCUT2D eigenvalue weighted by atomic mass is 10.2. The van der Waals surface area contributed by atoms with E-state index in [2.05, 4.69) is 15.2 Å². The molecule has 1 aliphatic rings. The van der Waals surface area contributed by atoms with E-state index in [1.54, 1.807) is 38.1 Å². The number of unbranched alkanes of at least 4 members (excludes halogenated alkanes) is 2. The van der Waals surface area contributed by atoms with E-state index in [9.17, 15) is 18.3 Å². The molecule has 0 radical (unpaired) electrons. The number of sulfonamides is 1. The van der Waals surface area contributed by atoms with Crippen LogP contribution in [-0.4, -0.2) is 44.0 Å². The molecule has 1 aromatic carbocycles. The summed E-state index contributed by atoms with van der Waals surface area (Å²) in [6.07, 6.45) is 2.51. The van der Waals surface area contributed by atoms with Gasteiger partial charge in [-0.25, -0.2) is 13.9 Å². The van der Waals surface area contributed by atoms with Gasteiger partial charge in [-0.05, 0) is 38.8 Å². The van der Waals surface area contributed by atoms with Gasteiger partial charge >= 0.3 is 0 Å². The van der Waals surface area contributed by atoms with Crippen molar-refractivity contribution in [1.29, 1.82) is 0 Å². The number of hydrogen-bond donors (Lipinski definition) is 3. The Hall–Kier alpha value is -1.97. The molecule has 0 spiro atoms. The predicted octanol–water partition coefficient (Wildman–Crippen LogP) is 1.10. The molecule has 0 fully saturated rings. The minimum atomic E-state index is -3.50. The number of amidine groups is 1. The molecular weight excluding hydrogens is 358 g/mol. The van der Waals surface area contributed by atoms with Gasteiger partial charge in [0.2, 0.25) is 5.91 Å². The molecule has 9 heteroatoms. The van der Waals surface area contributed by atoms with E-state index < -0.39 is 15.6 Å². The lowest BCUT2D eigenvalue weighted by molar-refractivity contribution is -0.139. The van der Waals surface area contributed by atoms with Crippen LogP contribution in [0.2, 0.25) is 0 Å². The standard InChI is InChI=1S/C17H25N3O5S/c1-17(2,22)12-25-19-15(21)10-4-3-7-11-18-16-13-8-5-6-9-14(13)26(23,24)20-16/h5-6,8-9,22H,3-4,7,10-12H2,1-2H3,(H,18,20)(H,19,21). The van der Waals surface area contributed by atoms with Crippen LogP contribution >= 0.6 is 0 Å². The lowest BCUT2D eigenvalue weighted by Crippen LogP contribution is -2.33. The molecule has 0 atom stereocenters. The van der Waals surface area contributed by atoms with Gasteiger partial charge < -0.3 is 5.11 Å². The van der Waals surface area contributed by atoms with Crippen LogP contribution in [0.5, 0.6) is 0 Å². The Labute approximate surface area is 153 Å². The van der Waals surface area contributed by atoms with Crippen LogP contribution in [0.25, 0.3) is 0 Å². The van der Waals surface area contributed by atoms with Gasteiger partial charge in [-0.3, -0.25) is 19.3 Å². The van der Waals surface area contributed by atoms with E-state index in [4.69, 9.17) is 4.84 Å². The fraction of sp³-hybridized carbons (Fsp3) is 0.529. The highest BCUT2D eigenvalue weighted by molar-refractivity contribution is 7.90. The zero-order valence-corrected chi connectivity index (χ0v) is 15.8. The Balaban J connectivity index is 1.67. The highest BCUT2D eigenvalue weighted by atomic mass is 32.2. The number of carbonyl (C=O) groups excluding carboxylic acids is 1. The van der Waals surface area contributed by atoms with Crippen molar-refractivity contribution in [3.8, 4) is 0 Å². The molecule has 0 aliphatic carbocycles. The molecule has 8 nitrogen and oxygen atoms in total. The molecule has 3 N–H and O–H groups in total. The molecule has 0 unspecified atom stereocenters. The quantitative estimate of drug-likeness (QED) is 0.436. The number of hydroxylamine groups is 1. The van der Waals surface area contributed by atoms with Crippen LogP contribution in [0.15, 0.2) is 34.2 Å². The molecule has 1 aliphatic heterocycles. The van der Waals surface area contributed by atoms with Crippen LogP contribution in [0.3, 0.4) is 0 Å². The summed E-state index contributed by atoms with van der Waals surface area (Å²) in [6, 6.07) is 6.73. The third-order valence-electron chi connectivity index (χ3n) is 3.61. The average molecular weight is 383 g/mol. The van der Waals surface area contributed by atoms with Crippen molar-refractivity contribution in [3.05, 3.63) is 29.8 Å². The van der Waals surface area contributed by atoms with E-state index in [1.165, 1.54) is 0 Å². The average Bonchev–Trinajstić information content (AvgIpc) is 2.81. The highest BCUT2D eigenvalue weighted by Crippen LogP contribution is 2.22. The molecule has 26 heavy (non-hydrogen) atoms. The zero-order valence-electron chi connectivity index (χ0n) is 15.0. The molecular formula is C17H25N3O5S. The minimum Gasteiger partial charge on any atom is -0.388 e. The maximum atomic E-state index is 12.0. The topological polar surface area (TPSA) is 117 Å². The minimum absolute atomic E-state index is 0.0214. The fourth-order valence-corrected chi connectivity index (χ4v) is 3.61. The number of nitrogens with one attached hydrogen (secondary N) is 2.